The highest BCUT2D eigenvalue weighted by molar-refractivity contribution is 5.83. The van der Waals surface area contributed by atoms with E-state index in [9.17, 15) is 22.8 Å². The number of benzene rings is 3. The molecule has 0 bridgehead atoms. The third kappa shape index (κ3) is 4.87. The molecule has 33 heavy (non-hydrogen) atoms. The molecule has 0 unspecified atom stereocenters. The second-order valence-electron chi connectivity index (χ2n) is 7.13. The van der Waals surface area contributed by atoms with Gasteiger partial charge in [-0.3, -0.25) is 9.59 Å². The lowest BCUT2D eigenvalue weighted by molar-refractivity contribution is -0.137. The predicted octanol–water partition coefficient (Wildman–Crippen LogP) is 6.03. The third-order valence-electron chi connectivity index (χ3n) is 4.63. The smallest absolute Gasteiger partial charge is 0.416 e. The van der Waals surface area contributed by atoms with Gasteiger partial charge in [0, 0.05) is 19.4 Å². The maximum Gasteiger partial charge on any atom is 0.416 e. The monoisotopic (exact) mass is 455 g/mol. The van der Waals surface area contributed by atoms with E-state index in [0.717, 1.165) is 12.1 Å². The van der Waals surface area contributed by atoms with Gasteiger partial charge in [0.25, 0.3) is 0 Å². The van der Waals surface area contributed by atoms with E-state index in [4.69, 9.17) is 13.9 Å². The first-order valence-corrected chi connectivity index (χ1v) is 9.69. The fraction of sp³-hybridized carbons (Fsp3) is 0.125. The molecule has 0 saturated carbocycles. The lowest BCUT2D eigenvalue weighted by Crippen LogP contribution is -2.07. The van der Waals surface area contributed by atoms with Crippen LogP contribution in [0.3, 0.4) is 0 Å². The summed E-state index contributed by atoms with van der Waals surface area (Å²) >= 11 is 0. The Kier molecular flexibility index (Phi) is 5.63. The van der Waals surface area contributed by atoms with Gasteiger partial charge in [0.15, 0.2) is 17.1 Å². The second kappa shape index (κ2) is 8.42. The van der Waals surface area contributed by atoms with Crippen molar-refractivity contribution in [1.82, 2.24) is 4.98 Å². The van der Waals surface area contributed by atoms with E-state index in [1.54, 1.807) is 24.3 Å². The highest BCUT2D eigenvalue weighted by Gasteiger charge is 2.30. The van der Waals surface area contributed by atoms with Crippen LogP contribution in [0.4, 0.5) is 13.2 Å². The number of oxazole rings is 1. The number of aromatic nitrogens is 1. The maximum atomic E-state index is 12.8. The van der Waals surface area contributed by atoms with Crippen LogP contribution in [0, 0.1) is 0 Å². The number of fused-ring (bicyclic) bond motifs is 1. The fourth-order valence-corrected chi connectivity index (χ4v) is 3.19. The van der Waals surface area contributed by atoms with Crippen molar-refractivity contribution in [2.45, 2.75) is 20.0 Å². The summed E-state index contributed by atoms with van der Waals surface area (Å²) in [7, 11) is 0. The van der Waals surface area contributed by atoms with Crippen molar-refractivity contribution in [3.8, 4) is 34.1 Å². The molecule has 4 aromatic rings. The molecular formula is C24H16F3NO5. The van der Waals surface area contributed by atoms with Crippen LogP contribution in [0.25, 0.3) is 33.7 Å². The molecule has 4 rings (SSSR count). The van der Waals surface area contributed by atoms with Gasteiger partial charge in [0.2, 0.25) is 5.89 Å². The van der Waals surface area contributed by atoms with E-state index in [0.29, 0.717) is 27.8 Å². The van der Waals surface area contributed by atoms with Gasteiger partial charge in [-0.15, -0.1) is 0 Å². The van der Waals surface area contributed by atoms with Crippen LogP contribution < -0.4 is 9.47 Å². The Morgan fingerprint density at radius 1 is 0.788 bits per heavy atom. The van der Waals surface area contributed by atoms with E-state index in [-0.39, 0.29) is 17.4 Å². The van der Waals surface area contributed by atoms with Crippen molar-refractivity contribution in [2.75, 3.05) is 0 Å². The molecule has 0 spiro atoms. The number of hydrogen-bond donors (Lipinski definition) is 0. The Bertz CT molecular complexity index is 1360. The van der Waals surface area contributed by atoms with Crippen LogP contribution in [-0.4, -0.2) is 16.9 Å². The minimum atomic E-state index is -4.40. The normalized spacial score (nSPS) is 11.4. The number of halogens is 3. The SMILES string of the molecule is CC(=O)Oc1ccc(-c2nc3ccc(-c4ccc(C(F)(F)F)cc4)cc3o2)cc1OC(C)=O. The van der Waals surface area contributed by atoms with Gasteiger partial charge in [-0.25, -0.2) is 4.98 Å². The summed E-state index contributed by atoms with van der Waals surface area (Å²) in [5, 5.41) is 0. The molecule has 6 nitrogen and oxygen atoms in total. The first kappa shape index (κ1) is 22.1. The predicted molar refractivity (Wildman–Crippen MR) is 113 cm³/mol. The number of carbonyl (C=O) groups excluding carboxylic acids is 2. The van der Waals surface area contributed by atoms with Gasteiger partial charge in [0.1, 0.15) is 5.52 Å². The van der Waals surface area contributed by atoms with Crippen molar-refractivity contribution in [3.05, 3.63) is 66.2 Å². The number of hydrogen-bond acceptors (Lipinski definition) is 6. The van der Waals surface area contributed by atoms with Crippen LogP contribution in [0.1, 0.15) is 19.4 Å². The van der Waals surface area contributed by atoms with E-state index >= 15 is 0 Å². The molecule has 0 aliphatic heterocycles. The third-order valence-corrected chi connectivity index (χ3v) is 4.63. The number of carbonyl (C=O) groups is 2. The molecule has 9 heteroatoms. The summed E-state index contributed by atoms with van der Waals surface area (Å²) in [5.41, 5.74) is 1.93. The molecule has 168 valence electrons. The van der Waals surface area contributed by atoms with Crippen molar-refractivity contribution < 1.29 is 36.7 Å². The van der Waals surface area contributed by atoms with E-state index in [2.05, 4.69) is 4.98 Å². The van der Waals surface area contributed by atoms with Crippen molar-refractivity contribution in [1.29, 1.82) is 0 Å². The van der Waals surface area contributed by atoms with E-state index < -0.39 is 23.7 Å². The lowest BCUT2D eigenvalue weighted by Gasteiger charge is -2.09. The summed E-state index contributed by atoms with van der Waals surface area (Å²) in [6.45, 7) is 2.44. The summed E-state index contributed by atoms with van der Waals surface area (Å²) in [6.07, 6.45) is -4.40. The Morgan fingerprint density at radius 2 is 1.39 bits per heavy atom. The van der Waals surface area contributed by atoms with Crippen LogP contribution >= 0.6 is 0 Å². The summed E-state index contributed by atoms with van der Waals surface area (Å²) in [5.74, 6) is -0.851. The molecule has 0 aliphatic carbocycles. The molecule has 1 heterocycles. The first-order valence-electron chi connectivity index (χ1n) is 9.69. The summed E-state index contributed by atoms with van der Waals surface area (Å²) < 4.78 is 54.4. The molecular weight excluding hydrogens is 439 g/mol. The van der Waals surface area contributed by atoms with Gasteiger partial charge in [-0.1, -0.05) is 18.2 Å². The zero-order chi connectivity index (χ0) is 23.8. The minimum Gasteiger partial charge on any atom is -0.436 e. The molecule has 0 N–H and O–H groups in total. The Morgan fingerprint density at radius 3 is 2.03 bits per heavy atom. The van der Waals surface area contributed by atoms with Crippen molar-refractivity contribution >= 4 is 23.0 Å². The highest BCUT2D eigenvalue weighted by atomic mass is 19.4. The van der Waals surface area contributed by atoms with E-state index in [1.165, 1.54) is 38.1 Å². The molecule has 1 aromatic heterocycles. The highest BCUT2D eigenvalue weighted by Crippen LogP contribution is 2.35. The van der Waals surface area contributed by atoms with Gasteiger partial charge in [-0.05, 0) is 53.6 Å². The zero-order valence-corrected chi connectivity index (χ0v) is 17.4. The van der Waals surface area contributed by atoms with Crippen LogP contribution in [-0.2, 0) is 15.8 Å². The topological polar surface area (TPSA) is 78.6 Å². The largest absolute Gasteiger partial charge is 0.436 e. The van der Waals surface area contributed by atoms with Crippen molar-refractivity contribution in [3.63, 3.8) is 0 Å². The number of rotatable bonds is 4. The van der Waals surface area contributed by atoms with Crippen LogP contribution in [0.2, 0.25) is 0 Å². The zero-order valence-electron chi connectivity index (χ0n) is 17.4. The quantitative estimate of drug-likeness (QED) is 0.276. The molecule has 0 radical (unpaired) electrons. The molecule has 0 atom stereocenters. The number of nitrogens with zero attached hydrogens (tertiary/aromatic N) is 1. The Hall–Kier alpha value is -4.14. The second-order valence-corrected chi connectivity index (χ2v) is 7.13. The first-order chi connectivity index (χ1) is 15.6. The summed E-state index contributed by atoms with van der Waals surface area (Å²) in [4.78, 5) is 27.1. The molecule has 0 amide bonds. The van der Waals surface area contributed by atoms with Crippen LogP contribution in [0.5, 0.6) is 11.5 Å². The Labute approximate surface area is 185 Å². The van der Waals surface area contributed by atoms with Gasteiger partial charge >= 0.3 is 18.1 Å². The molecule has 0 fully saturated rings. The number of ether oxygens (including phenoxy) is 2. The molecule has 0 saturated heterocycles. The number of alkyl halides is 3. The fourth-order valence-electron chi connectivity index (χ4n) is 3.19. The van der Waals surface area contributed by atoms with E-state index in [1.807, 2.05) is 0 Å². The number of esters is 2. The maximum absolute atomic E-state index is 12.8. The average molecular weight is 455 g/mol. The Balaban J connectivity index is 1.69. The van der Waals surface area contributed by atoms with Gasteiger partial charge in [-0.2, -0.15) is 13.2 Å². The minimum absolute atomic E-state index is 0.0305. The van der Waals surface area contributed by atoms with Gasteiger partial charge < -0.3 is 13.9 Å². The average Bonchev–Trinajstić information content (AvgIpc) is 3.17. The van der Waals surface area contributed by atoms with Crippen molar-refractivity contribution in [2.24, 2.45) is 0 Å². The van der Waals surface area contributed by atoms with Gasteiger partial charge in [0.05, 0.1) is 5.56 Å². The standard InChI is InChI=1S/C24H16F3NO5/c1-13(29)31-20-10-6-17(12-22(20)32-14(2)30)23-28-19-9-5-16(11-21(19)33-23)15-3-7-18(8-4-15)24(25,26)27/h3-12H,1-2H3. The lowest BCUT2D eigenvalue weighted by atomic mass is 10.0. The summed E-state index contributed by atoms with van der Waals surface area (Å²) in [6, 6.07) is 14.4. The van der Waals surface area contributed by atoms with Crippen LogP contribution in [0.15, 0.2) is 65.1 Å². The molecule has 3 aromatic carbocycles. The molecule has 0 aliphatic rings.